The van der Waals surface area contributed by atoms with E-state index in [0.29, 0.717) is 25.2 Å². The molecule has 1 aromatic heterocycles. The zero-order chi connectivity index (χ0) is 23.1. The zero-order valence-corrected chi connectivity index (χ0v) is 18.7. The lowest BCUT2D eigenvalue weighted by molar-refractivity contribution is -0.115. The predicted octanol–water partition coefficient (Wildman–Crippen LogP) is 2.64. The summed E-state index contributed by atoms with van der Waals surface area (Å²) >= 11 is 0. The number of hydrogen-bond acceptors (Lipinski definition) is 6. The molecule has 2 aliphatic rings. The average molecular weight is 444 g/mol. The maximum Gasteiger partial charge on any atom is 0.244 e. The third-order valence-electron chi connectivity index (χ3n) is 5.44. The minimum Gasteiger partial charge on any atom is -0.382 e. The van der Waals surface area contributed by atoms with Gasteiger partial charge in [-0.3, -0.25) is 9.59 Å². The van der Waals surface area contributed by atoms with Gasteiger partial charge in [-0.15, -0.1) is 0 Å². The van der Waals surface area contributed by atoms with Crippen LogP contribution in [0.2, 0.25) is 0 Å². The average Bonchev–Trinajstić information content (AvgIpc) is 3.28. The molecule has 4 rings (SSSR count). The van der Waals surface area contributed by atoms with Gasteiger partial charge in [-0.2, -0.15) is 0 Å². The number of anilines is 3. The number of fused-ring (bicyclic) bond motifs is 1. The van der Waals surface area contributed by atoms with Crippen LogP contribution in [0, 0.1) is 12.7 Å². The van der Waals surface area contributed by atoms with Crippen LogP contribution in [-0.4, -0.2) is 57.7 Å². The lowest BCUT2D eigenvalue weighted by atomic mass is 10.1. The lowest BCUT2D eigenvalue weighted by Gasteiger charge is -2.25. The van der Waals surface area contributed by atoms with E-state index in [0.717, 1.165) is 48.6 Å². The highest BCUT2D eigenvalue weighted by Gasteiger charge is 2.20. The molecule has 32 heavy (non-hydrogen) atoms. The Bertz CT molecular complexity index is 949. The number of rotatable bonds is 6. The highest BCUT2D eigenvalue weighted by Crippen LogP contribution is 2.27. The predicted molar refractivity (Wildman–Crippen MR) is 123 cm³/mol. The summed E-state index contributed by atoms with van der Waals surface area (Å²) in [5.41, 5.74) is 3.21. The van der Waals surface area contributed by atoms with Crippen molar-refractivity contribution in [3.05, 3.63) is 47.4 Å². The number of nitrogens with one attached hydrogen (secondary N) is 2. The molecule has 1 saturated heterocycles. The molecule has 172 valence electrons. The van der Waals surface area contributed by atoms with Crippen LogP contribution in [0.1, 0.15) is 30.0 Å². The summed E-state index contributed by atoms with van der Waals surface area (Å²) in [4.78, 5) is 29.9. The van der Waals surface area contributed by atoms with Gasteiger partial charge in [-0.1, -0.05) is 6.07 Å². The van der Waals surface area contributed by atoms with Crippen molar-refractivity contribution in [1.82, 2.24) is 10.3 Å². The van der Waals surface area contributed by atoms with Crippen LogP contribution in [0.4, 0.5) is 21.6 Å². The molecule has 2 N–H and O–H groups in total. The minimum atomic E-state index is -0.315. The Hall–Kier alpha value is -3.20. The number of methoxy groups -OCH3 is 1. The SMILES string of the molecule is COCC(NC=O)c1ccc(N2CCCC2)c(F)c1.Cc1cnc2c(c1)NC(=O)CN2C. The molecule has 2 aromatic rings. The Balaban J connectivity index is 0.000000193. The van der Waals surface area contributed by atoms with Gasteiger partial charge in [0.05, 0.1) is 30.6 Å². The van der Waals surface area contributed by atoms with Gasteiger partial charge < -0.3 is 25.2 Å². The summed E-state index contributed by atoms with van der Waals surface area (Å²) in [6, 6.07) is 6.72. The molecule has 1 unspecified atom stereocenters. The number of amides is 2. The van der Waals surface area contributed by atoms with Gasteiger partial charge in [-0.05, 0) is 49.1 Å². The van der Waals surface area contributed by atoms with E-state index in [-0.39, 0.29) is 17.8 Å². The molecule has 0 bridgehead atoms. The van der Waals surface area contributed by atoms with E-state index in [1.807, 2.05) is 31.0 Å². The third-order valence-corrected chi connectivity index (χ3v) is 5.44. The number of aromatic nitrogens is 1. The summed E-state index contributed by atoms with van der Waals surface area (Å²) in [7, 11) is 3.41. The molecule has 3 heterocycles. The molecule has 1 atom stereocenters. The molecule has 9 heteroatoms. The summed E-state index contributed by atoms with van der Waals surface area (Å²) in [6.07, 6.45) is 4.63. The molecular weight excluding hydrogens is 413 g/mol. The number of ether oxygens (including phenoxy) is 1. The molecule has 1 fully saturated rings. The van der Waals surface area contributed by atoms with Gasteiger partial charge in [0.25, 0.3) is 0 Å². The Labute approximate surface area is 187 Å². The smallest absolute Gasteiger partial charge is 0.244 e. The van der Waals surface area contributed by atoms with Gasteiger partial charge in [-0.25, -0.2) is 9.37 Å². The molecule has 0 radical (unpaired) electrons. The van der Waals surface area contributed by atoms with Crippen LogP contribution in [-0.2, 0) is 14.3 Å². The Kier molecular flexibility index (Phi) is 7.99. The van der Waals surface area contributed by atoms with Crippen LogP contribution in [0.3, 0.4) is 0 Å². The Morgan fingerprint density at radius 3 is 2.72 bits per heavy atom. The topological polar surface area (TPSA) is 86.8 Å². The lowest BCUT2D eigenvalue weighted by Crippen LogP contribution is -2.36. The summed E-state index contributed by atoms with van der Waals surface area (Å²) in [5.74, 6) is 0.612. The first kappa shape index (κ1) is 23.5. The van der Waals surface area contributed by atoms with Crippen molar-refractivity contribution in [2.24, 2.45) is 0 Å². The molecule has 0 saturated carbocycles. The van der Waals surface area contributed by atoms with Gasteiger partial charge in [0, 0.05) is 33.4 Å². The van der Waals surface area contributed by atoms with Crippen LogP contribution >= 0.6 is 0 Å². The fourth-order valence-corrected chi connectivity index (χ4v) is 3.88. The largest absolute Gasteiger partial charge is 0.382 e. The van der Waals surface area contributed by atoms with E-state index < -0.39 is 0 Å². The number of carbonyl (C=O) groups excluding carboxylic acids is 2. The molecule has 2 amide bonds. The van der Waals surface area contributed by atoms with Crippen LogP contribution in [0.25, 0.3) is 0 Å². The molecule has 0 spiro atoms. The van der Waals surface area contributed by atoms with Gasteiger partial charge in [0.1, 0.15) is 5.82 Å². The number of pyridine rings is 1. The minimum absolute atomic E-state index is 0.0161. The first-order valence-electron chi connectivity index (χ1n) is 10.6. The van der Waals surface area contributed by atoms with Crippen molar-refractivity contribution in [3.63, 3.8) is 0 Å². The number of carbonyl (C=O) groups is 2. The Morgan fingerprint density at radius 1 is 1.31 bits per heavy atom. The van der Waals surface area contributed by atoms with Crippen LogP contribution < -0.4 is 20.4 Å². The number of nitrogens with zero attached hydrogens (tertiary/aromatic N) is 3. The van der Waals surface area contributed by atoms with Gasteiger partial charge in [0.2, 0.25) is 12.3 Å². The summed E-state index contributed by atoms with van der Waals surface area (Å²) < 4.78 is 19.2. The second-order valence-electron chi connectivity index (χ2n) is 7.99. The maximum atomic E-state index is 14.1. The van der Waals surface area contributed by atoms with Crippen molar-refractivity contribution in [2.75, 3.05) is 55.5 Å². The van der Waals surface area contributed by atoms with Crippen LogP contribution in [0.15, 0.2) is 30.5 Å². The number of halogens is 1. The number of likely N-dealkylation sites (N-methyl/N-ethyl adjacent to an activating group) is 1. The maximum absolute atomic E-state index is 14.1. The van der Waals surface area contributed by atoms with E-state index in [4.69, 9.17) is 4.74 Å². The van der Waals surface area contributed by atoms with Crippen molar-refractivity contribution in [1.29, 1.82) is 0 Å². The van der Waals surface area contributed by atoms with E-state index >= 15 is 0 Å². The quantitative estimate of drug-likeness (QED) is 0.668. The van der Waals surface area contributed by atoms with Crippen molar-refractivity contribution >= 4 is 29.5 Å². The van der Waals surface area contributed by atoms with E-state index in [1.54, 1.807) is 19.4 Å². The van der Waals surface area contributed by atoms with Crippen molar-refractivity contribution in [2.45, 2.75) is 25.8 Å². The second-order valence-corrected chi connectivity index (χ2v) is 7.99. The van der Waals surface area contributed by atoms with E-state index in [9.17, 15) is 14.0 Å². The van der Waals surface area contributed by atoms with E-state index in [1.165, 1.54) is 6.07 Å². The Morgan fingerprint density at radius 2 is 2.06 bits per heavy atom. The van der Waals surface area contributed by atoms with Crippen molar-refractivity contribution < 1.29 is 18.7 Å². The summed E-state index contributed by atoms with van der Waals surface area (Å²) in [5, 5.41) is 5.42. The highest BCUT2D eigenvalue weighted by atomic mass is 19.1. The molecule has 2 aliphatic heterocycles. The molecule has 8 nitrogen and oxygen atoms in total. The molecule has 1 aromatic carbocycles. The van der Waals surface area contributed by atoms with Gasteiger partial charge in [0.15, 0.2) is 5.82 Å². The first-order chi connectivity index (χ1) is 15.4. The monoisotopic (exact) mass is 443 g/mol. The highest BCUT2D eigenvalue weighted by molar-refractivity contribution is 6.00. The summed E-state index contributed by atoms with van der Waals surface area (Å²) in [6.45, 7) is 4.47. The normalized spacial score (nSPS) is 15.9. The second kappa shape index (κ2) is 10.9. The first-order valence-corrected chi connectivity index (χ1v) is 10.6. The molecule has 0 aliphatic carbocycles. The number of aryl methyl sites for hydroxylation is 1. The fraction of sp³-hybridized carbons (Fsp3) is 0.435. The third kappa shape index (κ3) is 5.73. The van der Waals surface area contributed by atoms with Crippen molar-refractivity contribution in [3.8, 4) is 0 Å². The fourth-order valence-electron chi connectivity index (χ4n) is 3.88. The number of hydrogen-bond donors (Lipinski definition) is 2. The number of benzene rings is 1. The standard InChI is InChI=1S/C14H19FN2O2.C9H11N3O/c1-19-9-13(16-10-18)11-4-5-14(12(15)8-11)17-6-2-3-7-17;1-6-3-7-9(10-4-6)12(2)5-8(13)11-7/h4-5,8,10,13H,2-3,6-7,9H2,1H3,(H,16,18);3-4H,5H2,1-2H3,(H,11,13). The van der Waals surface area contributed by atoms with Crippen LogP contribution in [0.5, 0.6) is 0 Å². The van der Waals surface area contributed by atoms with Gasteiger partial charge >= 0.3 is 0 Å². The van der Waals surface area contributed by atoms with E-state index in [2.05, 4.69) is 20.5 Å². The molecular formula is C23H30FN5O3. The zero-order valence-electron chi connectivity index (χ0n) is 18.7.